The summed E-state index contributed by atoms with van der Waals surface area (Å²) in [5, 5.41) is 10.6. The average molecular weight is 308 g/mol. The summed E-state index contributed by atoms with van der Waals surface area (Å²) >= 11 is 5.76. The summed E-state index contributed by atoms with van der Waals surface area (Å²) in [4.78, 5) is 9.65. The van der Waals surface area contributed by atoms with Gasteiger partial charge >= 0.3 is 0 Å². The monoisotopic (exact) mass is 307 g/mol. The first kappa shape index (κ1) is 15.8. The molecule has 0 unspecified atom stereocenters. The van der Waals surface area contributed by atoms with Gasteiger partial charge in [0.2, 0.25) is 10.0 Å². The molecule has 106 valence electrons. The highest BCUT2D eigenvalue weighted by atomic mass is 35.5. The van der Waals surface area contributed by atoms with Crippen molar-refractivity contribution in [1.29, 1.82) is 0 Å². The van der Waals surface area contributed by atoms with Crippen LogP contribution in [0.25, 0.3) is 0 Å². The second-order valence-corrected chi connectivity index (χ2v) is 5.91. The molecule has 7 nitrogen and oxygen atoms in total. The van der Waals surface area contributed by atoms with Gasteiger partial charge in [-0.2, -0.15) is 0 Å². The predicted octanol–water partition coefficient (Wildman–Crippen LogP) is 1.27. The van der Waals surface area contributed by atoms with Crippen LogP contribution in [0.4, 0.5) is 5.69 Å². The van der Waals surface area contributed by atoms with E-state index >= 15 is 0 Å². The Hall–Kier alpha value is -1.22. The topological polar surface area (TPSA) is 115 Å². The summed E-state index contributed by atoms with van der Waals surface area (Å²) in [6.45, 7) is 0.678. The van der Waals surface area contributed by atoms with Crippen LogP contribution in [0.3, 0.4) is 0 Å². The van der Waals surface area contributed by atoms with Crippen molar-refractivity contribution in [2.75, 3.05) is 13.1 Å². The molecule has 0 bridgehead atoms. The molecule has 0 aliphatic rings. The fourth-order valence-electron chi connectivity index (χ4n) is 1.37. The predicted molar refractivity (Wildman–Crippen MR) is 71.6 cm³/mol. The van der Waals surface area contributed by atoms with Crippen LogP contribution in [0.1, 0.15) is 12.8 Å². The van der Waals surface area contributed by atoms with Crippen LogP contribution in [-0.2, 0) is 10.0 Å². The third-order valence-electron chi connectivity index (χ3n) is 2.34. The van der Waals surface area contributed by atoms with E-state index in [4.69, 9.17) is 17.3 Å². The van der Waals surface area contributed by atoms with Crippen LogP contribution in [0.15, 0.2) is 23.1 Å². The maximum absolute atomic E-state index is 11.9. The summed E-state index contributed by atoms with van der Waals surface area (Å²) < 4.78 is 26.2. The minimum atomic E-state index is -3.85. The molecule has 0 heterocycles. The normalized spacial score (nSPS) is 11.5. The van der Waals surface area contributed by atoms with Gasteiger partial charge in [0.05, 0.1) is 9.95 Å². The van der Waals surface area contributed by atoms with Crippen molar-refractivity contribution in [3.63, 3.8) is 0 Å². The standard InChI is InChI=1S/C10H14ClN3O4S/c11-9-4-3-8(14(15)16)7-10(9)19(17,18)13-6-2-1-5-12/h3-4,7,13H,1-2,5-6,12H2. The summed E-state index contributed by atoms with van der Waals surface area (Å²) in [5.74, 6) is 0. The molecule has 0 saturated heterocycles. The van der Waals surface area contributed by atoms with Crippen LogP contribution in [0.5, 0.6) is 0 Å². The largest absolute Gasteiger partial charge is 0.330 e. The molecule has 0 aromatic heterocycles. The third-order valence-corrected chi connectivity index (χ3v) is 4.28. The number of unbranched alkanes of at least 4 members (excludes halogenated alkanes) is 1. The third kappa shape index (κ3) is 4.43. The Morgan fingerprint density at radius 3 is 2.63 bits per heavy atom. The van der Waals surface area contributed by atoms with Gasteiger partial charge in [-0.25, -0.2) is 13.1 Å². The van der Waals surface area contributed by atoms with E-state index in [0.717, 1.165) is 12.1 Å². The van der Waals surface area contributed by atoms with E-state index < -0.39 is 14.9 Å². The highest BCUT2D eigenvalue weighted by Crippen LogP contribution is 2.25. The Labute approximate surface area is 115 Å². The van der Waals surface area contributed by atoms with E-state index in [9.17, 15) is 18.5 Å². The van der Waals surface area contributed by atoms with E-state index in [-0.39, 0.29) is 22.2 Å². The summed E-state index contributed by atoms with van der Waals surface area (Å²) in [7, 11) is -3.85. The number of nitrogens with one attached hydrogen (secondary N) is 1. The van der Waals surface area contributed by atoms with Gasteiger partial charge in [0, 0.05) is 18.7 Å². The zero-order chi connectivity index (χ0) is 14.5. The van der Waals surface area contributed by atoms with E-state index in [1.54, 1.807) is 0 Å². The van der Waals surface area contributed by atoms with Gasteiger partial charge in [-0.15, -0.1) is 0 Å². The first-order valence-corrected chi connectivity index (χ1v) is 7.38. The SMILES string of the molecule is NCCCCNS(=O)(=O)c1cc([N+](=O)[O-])ccc1Cl. The molecular formula is C10H14ClN3O4S. The zero-order valence-corrected chi connectivity index (χ0v) is 11.6. The lowest BCUT2D eigenvalue weighted by Gasteiger charge is -2.07. The van der Waals surface area contributed by atoms with Crippen LogP contribution in [0, 0.1) is 10.1 Å². The first-order chi connectivity index (χ1) is 8.88. The molecule has 0 aliphatic heterocycles. The lowest BCUT2D eigenvalue weighted by atomic mass is 10.3. The van der Waals surface area contributed by atoms with Crippen molar-refractivity contribution >= 4 is 27.3 Å². The molecule has 1 aromatic carbocycles. The van der Waals surface area contributed by atoms with Gasteiger partial charge in [0.1, 0.15) is 4.90 Å². The summed E-state index contributed by atoms with van der Waals surface area (Å²) in [5.41, 5.74) is 4.97. The number of non-ortho nitro benzene ring substituents is 1. The molecule has 19 heavy (non-hydrogen) atoms. The number of nitrogens with zero attached hydrogens (tertiary/aromatic N) is 1. The number of nitro benzene ring substituents is 1. The fraction of sp³-hybridized carbons (Fsp3) is 0.400. The molecule has 0 atom stereocenters. The maximum Gasteiger partial charge on any atom is 0.270 e. The van der Waals surface area contributed by atoms with Gasteiger partial charge in [0.15, 0.2) is 0 Å². The number of nitrogens with two attached hydrogens (primary N) is 1. The number of hydrogen-bond donors (Lipinski definition) is 2. The lowest BCUT2D eigenvalue weighted by molar-refractivity contribution is -0.385. The molecule has 3 N–H and O–H groups in total. The Kier molecular flexibility index (Phi) is 5.67. The molecule has 0 fully saturated rings. The van der Waals surface area contributed by atoms with Crippen molar-refractivity contribution in [2.45, 2.75) is 17.7 Å². The minimum absolute atomic E-state index is 0.0584. The van der Waals surface area contributed by atoms with Gasteiger partial charge in [-0.05, 0) is 25.5 Å². The summed E-state index contributed by atoms with van der Waals surface area (Å²) in [6.07, 6.45) is 1.27. The minimum Gasteiger partial charge on any atom is -0.330 e. The van der Waals surface area contributed by atoms with Crippen LogP contribution >= 0.6 is 11.6 Å². The van der Waals surface area contributed by atoms with Crippen molar-refractivity contribution in [2.24, 2.45) is 5.73 Å². The first-order valence-electron chi connectivity index (χ1n) is 5.52. The smallest absolute Gasteiger partial charge is 0.270 e. The molecule has 0 spiro atoms. The Balaban J connectivity index is 2.94. The van der Waals surface area contributed by atoms with Crippen LogP contribution < -0.4 is 10.5 Å². The van der Waals surface area contributed by atoms with E-state index in [2.05, 4.69) is 4.72 Å². The Morgan fingerprint density at radius 2 is 2.05 bits per heavy atom. The number of halogens is 1. The fourth-order valence-corrected chi connectivity index (χ4v) is 2.96. The van der Waals surface area contributed by atoms with Crippen molar-refractivity contribution in [3.8, 4) is 0 Å². The molecule has 9 heteroatoms. The Morgan fingerprint density at radius 1 is 1.37 bits per heavy atom. The van der Waals surface area contributed by atoms with E-state index in [1.165, 1.54) is 6.07 Å². The van der Waals surface area contributed by atoms with Crippen molar-refractivity contribution in [3.05, 3.63) is 33.3 Å². The maximum atomic E-state index is 11.9. The number of hydrogen-bond acceptors (Lipinski definition) is 5. The number of sulfonamides is 1. The quantitative estimate of drug-likeness (QED) is 0.447. The summed E-state index contributed by atoms with van der Waals surface area (Å²) in [6, 6.07) is 3.28. The molecule has 0 aliphatic carbocycles. The van der Waals surface area contributed by atoms with E-state index in [1.807, 2.05) is 0 Å². The molecule has 1 rings (SSSR count). The number of nitro groups is 1. The van der Waals surface area contributed by atoms with Crippen LogP contribution in [-0.4, -0.2) is 26.4 Å². The molecule has 0 radical (unpaired) electrons. The van der Waals surface area contributed by atoms with Crippen LogP contribution in [0.2, 0.25) is 5.02 Å². The van der Waals surface area contributed by atoms with Crippen molar-refractivity contribution in [1.82, 2.24) is 4.72 Å². The Bertz CT molecular complexity index is 562. The molecular weight excluding hydrogens is 294 g/mol. The number of benzene rings is 1. The average Bonchev–Trinajstić information content (AvgIpc) is 2.34. The van der Waals surface area contributed by atoms with Gasteiger partial charge in [0.25, 0.3) is 5.69 Å². The highest BCUT2D eigenvalue weighted by Gasteiger charge is 2.20. The molecule has 0 amide bonds. The molecule has 1 aromatic rings. The second-order valence-electron chi connectivity index (χ2n) is 3.77. The van der Waals surface area contributed by atoms with E-state index in [0.29, 0.717) is 19.4 Å². The van der Waals surface area contributed by atoms with Crippen molar-refractivity contribution < 1.29 is 13.3 Å². The second kappa shape index (κ2) is 6.80. The molecule has 0 saturated carbocycles. The van der Waals surface area contributed by atoms with Gasteiger partial charge in [-0.1, -0.05) is 11.6 Å². The highest BCUT2D eigenvalue weighted by molar-refractivity contribution is 7.89. The number of rotatable bonds is 7. The van der Waals surface area contributed by atoms with Gasteiger partial charge in [-0.3, -0.25) is 10.1 Å². The zero-order valence-electron chi connectivity index (χ0n) is 10.0. The lowest BCUT2D eigenvalue weighted by Crippen LogP contribution is -2.25. The van der Waals surface area contributed by atoms with Gasteiger partial charge < -0.3 is 5.73 Å².